The summed E-state index contributed by atoms with van der Waals surface area (Å²) < 4.78 is 0. The zero-order valence-corrected chi connectivity index (χ0v) is 80.4. The average molecular weight is 2070 g/mol. The molecule has 0 aromatic heterocycles. The van der Waals surface area contributed by atoms with Gasteiger partial charge >= 0.3 is 74.2 Å². The van der Waals surface area contributed by atoms with Crippen molar-refractivity contribution in [3.63, 3.8) is 0 Å². The summed E-state index contributed by atoms with van der Waals surface area (Å²) in [6.45, 7) is 21.7. The number of hydrogen-bond donors (Lipinski definition) is 10. The number of amidine groups is 8. The molecule has 11 N–H and O–H groups in total. The third-order valence-electron chi connectivity index (χ3n) is 15.4. The summed E-state index contributed by atoms with van der Waals surface area (Å²) in [5, 5.41) is 113. The quantitative estimate of drug-likeness (QED) is 0.00356. The number of aromatic carboxylic acids is 1. The average Bonchev–Trinajstić information content (AvgIpc) is 0.835. The summed E-state index contributed by atoms with van der Waals surface area (Å²) in [6.07, 6.45) is 0. The fourth-order valence-corrected chi connectivity index (χ4v) is 11.2. The van der Waals surface area contributed by atoms with E-state index >= 15 is 0 Å². The van der Waals surface area contributed by atoms with Gasteiger partial charge in [-0.15, -0.1) is 40.8 Å². The first-order valence-electron chi connectivity index (χ1n) is 38.2. The number of carbonyl (C=O) groups is 3. The van der Waals surface area contributed by atoms with E-state index in [0.717, 1.165) is 16.7 Å². The molecule has 0 aliphatic heterocycles. The molecule has 1 amide bonds. The van der Waals surface area contributed by atoms with Gasteiger partial charge in [-0.25, -0.2) is 4.79 Å². The molecule has 128 heavy (non-hydrogen) atoms. The summed E-state index contributed by atoms with van der Waals surface area (Å²) in [5.41, 5.74) is 15.2. The Labute approximate surface area is 830 Å². The van der Waals surface area contributed by atoms with Crippen LogP contribution >= 0.6 is 0 Å². The van der Waals surface area contributed by atoms with E-state index in [9.17, 15) is 29.6 Å². The topological polar surface area (TPSA) is 435 Å². The molecule has 8 aromatic carbocycles. The van der Waals surface area contributed by atoms with Crippen LogP contribution in [0.5, 0.6) is 0 Å². The molecule has 684 valence electrons. The van der Waals surface area contributed by atoms with Crippen molar-refractivity contribution in [2.75, 3.05) is 52.4 Å². The molecule has 0 saturated carbocycles. The van der Waals surface area contributed by atoms with Crippen molar-refractivity contribution in [2.24, 2.45) is 87.4 Å². The van der Waals surface area contributed by atoms with E-state index in [1.54, 1.807) is 72.8 Å². The van der Waals surface area contributed by atoms with Crippen LogP contribution in [-0.4, -0.2) is 167 Å². The summed E-state index contributed by atoms with van der Waals surface area (Å²) in [7, 11) is 0. The number of nitrogens with two attached hydrogens (primary N) is 1. The molecule has 44 heteroatoms. The number of carbonyl (C=O) groups excluding carboxylic acids is 2. The second-order valence-corrected chi connectivity index (χ2v) is 27.4. The molecule has 8 rings (SSSR count). The van der Waals surface area contributed by atoms with Crippen LogP contribution in [0.25, 0.3) is 0 Å². The van der Waals surface area contributed by atoms with Crippen LogP contribution < -0.4 is 48.3 Å². The maximum absolute atomic E-state index is 11.7. The molecular weight excluding hydrogens is 1980 g/mol. The largest absolute Gasteiger partial charge is 2.00 e. The number of non-ortho nitro benzene ring substituents is 1. The Hall–Kier alpha value is -11.3. The van der Waals surface area contributed by atoms with Crippen LogP contribution in [0, 0.1) is 10.1 Å². The summed E-state index contributed by atoms with van der Waals surface area (Å²) in [4.78, 5) is 44.9. The smallest absolute Gasteiger partial charge is 0.741 e. The molecule has 0 bridgehead atoms. The van der Waals surface area contributed by atoms with Crippen molar-refractivity contribution < 1.29 is 92.7 Å². The predicted octanol–water partition coefficient (Wildman–Crippen LogP) is 10.2. The van der Waals surface area contributed by atoms with Crippen molar-refractivity contribution in [2.45, 2.75) is 62.3 Å². The molecule has 0 atom stereocenters. The number of hydrogen-bond acceptors (Lipinski definition) is 29. The Morgan fingerprint density at radius 2 is 0.430 bits per heavy atom. The number of Topliss-reactive ketones (excluding diaryl/α,β-unsaturated/α-hetero) is 1. The van der Waals surface area contributed by atoms with E-state index in [1.807, 2.05) is 177 Å². The zero-order chi connectivity index (χ0) is 90.6. The number of amides is 1. The number of nitro groups is 1. The predicted molar refractivity (Wildman–Crippen MR) is 524 cm³/mol. The van der Waals surface area contributed by atoms with Crippen LogP contribution in [0.15, 0.2) is 300 Å². The molecule has 0 heterocycles. The van der Waals surface area contributed by atoms with E-state index in [0.29, 0.717) is 137 Å². The van der Waals surface area contributed by atoms with Crippen molar-refractivity contribution in [1.29, 1.82) is 0 Å². The second-order valence-electron chi connectivity index (χ2n) is 24.3. The van der Waals surface area contributed by atoms with Crippen molar-refractivity contribution in [1.82, 2.24) is 42.5 Å². The number of primary amides is 1. The maximum Gasteiger partial charge on any atom is 2.00 e. The first-order chi connectivity index (χ1) is 59.8. The molecule has 0 saturated heterocycles. The van der Waals surface area contributed by atoms with Crippen LogP contribution in [0.1, 0.15) is 138 Å². The number of nitrogens with one attached hydrogen (secondary N) is 8. The number of carboxylic acid groups (broad SMARTS) is 1. The Morgan fingerprint density at radius 3 is 0.586 bits per heavy atom. The molecule has 0 spiro atoms. The number of ketones is 1. The van der Waals surface area contributed by atoms with Gasteiger partial charge in [-0.05, 0) is 140 Å². The van der Waals surface area contributed by atoms with Gasteiger partial charge in [0.15, 0.2) is 5.78 Å². The minimum Gasteiger partial charge on any atom is -0.741 e. The fraction of sp³-hybridized carbons (Fsp3) is 0.202. The number of nitro benzene ring substituents is 1. The van der Waals surface area contributed by atoms with E-state index in [2.05, 4.69) is 124 Å². The number of benzene rings is 8. The molecule has 0 aliphatic carbocycles. The van der Waals surface area contributed by atoms with E-state index in [4.69, 9.17) is 107 Å². The standard InChI is InChI=1S/C22H26N6OS2.C21H25N7OS2.C21H24N6O2S2.C20H23N7O2S2.4Cu/c1-4-23-21(30)27-25-19(17-9-7-6-8-10-17)20(26-28-22(31)24-5-2)18-13-11-16(12-14-18)15(3)29;1-3-23-20(30)27-25-17(14-8-6-5-7-9-14)18(26-28-21(31)24-4-2)15-10-12-16(13-11-15)19(22)29;1-3-22-20(30)26-24-17(14-8-6-5-7-9-14)18(25-27-21(31)23-4-2)15-10-12-16(13-11-15)19(28)29;1-3-21-19(30)25-23-17(14-8-6-5-7-9-14)18(24-26-20(31)22-4-2)15-10-12-16(13-11-15)27(28)29;;;;/h6-14H,4-5H2,1-3H3,(H2,23,27,30)(H2,24,28,31);5-13H,3-4H2,1-2H3,(H2,22,29)(H2,23,27,30)(H2,24,28,31);5-13H,3-4H2,1-2H3,(H,28,29)(H2,22,26,30)(H2,23,27,31);5-13H,3-4H2,1-2H3,(H2,21,25,30)(H2,22,26,31);;;;/q;;;;4*+2/p-8. The maximum atomic E-state index is 11.7. The number of rotatable bonds is 32. The molecule has 0 unspecified atom stereocenters. The molecule has 4 radical (unpaired) electrons. The van der Waals surface area contributed by atoms with Gasteiger partial charge < -0.3 is 154 Å². The third kappa shape index (κ3) is 41.7. The normalized spacial score (nSPS) is 12.7. The molecule has 0 aliphatic rings. The molecule has 0 fully saturated rings. The van der Waals surface area contributed by atoms with Gasteiger partial charge in [0.2, 0.25) is 5.91 Å². The number of carboxylic acids is 1. The van der Waals surface area contributed by atoms with E-state index in [1.165, 1.54) is 31.2 Å². The SMILES string of the molecule is CCNC([S-])=NN=C(C(=NN=C([S-])NCC)c1ccc(C(=O)O)cc1)c1ccccc1.CCNC([S-])=NN=C(C(=NN=C([S-])NCC)c1ccc(C(C)=O)cc1)c1ccccc1.CCNC([S-])=NN=C(C(=NN=C([S-])NCC)c1ccc(C(N)=O)cc1)c1ccccc1.CCNC([S-])=NN=C(C(=NN=C([S-])NCC)c1ccc([N+](=O)[O-])cc1)c1ccccc1.[Cu+2].[Cu+2].[Cu+2].[Cu+2]. The fourth-order valence-electron chi connectivity index (χ4n) is 9.74. The van der Waals surface area contributed by atoms with Gasteiger partial charge in [0.25, 0.3) is 5.69 Å². The first kappa shape index (κ1) is 115. The zero-order valence-electron chi connectivity index (χ0n) is 70.1. The Kier molecular flexibility index (Phi) is 58.5. The van der Waals surface area contributed by atoms with Crippen molar-refractivity contribution >= 4 is 211 Å². The van der Waals surface area contributed by atoms with E-state index in [-0.39, 0.29) is 127 Å². The Morgan fingerprint density at radius 1 is 0.273 bits per heavy atom. The summed E-state index contributed by atoms with van der Waals surface area (Å²) in [5.74, 6) is -1.57. The van der Waals surface area contributed by atoms with Gasteiger partial charge in [-0.3, -0.25) is 19.7 Å². The molecule has 32 nitrogen and oxygen atoms in total. The van der Waals surface area contributed by atoms with Crippen LogP contribution in [0.2, 0.25) is 0 Å². The minimum atomic E-state index is -1.02. The van der Waals surface area contributed by atoms with Crippen LogP contribution in [0.4, 0.5) is 5.69 Å². The monoisotopic (exact) mass is 2070 g/mol. The minimum absolute atomic E-state index is 0. The van der Waals surface area contributed by atoms with Gasteiger partial charge in [-0.2, -0.15) is 40.8 Å². The Balaban J connectivity index is 0.000000845. The first-order valence-corrected chi connectivity index (χ1v) is 41.5. The molecule has 8 aromatic rings. The van der Waals surface area contributed by atoms with Crippen molar-refractivity contribution in [3.8, 4) is 0 Å². The van der Waals surface area contributed by atoms with Gasteiger partial charge in [-0.1, -0.05) is 170 Å². The van der Waals surface area contributed by atoms with Gasteiger partial charge in [0.05, 0.1) is 10.5 Å². The van der Waals surface area contributed by atoms with Gasteiger partial charge in [0, 0.05) is 120 Å². The van der Waals surface area contributed by atoms with Crippen LogP contribution in [0.3, 0.4) is 0 Å². The van der Waals surface area contributed by atoms with Gasteiger partial charge in [0.1, 0.15) is 45.7 Å². The summed E-state index contributed by atoms with van der Waals surface area (Å²) in [6, 6.07) is 63.3. The second kappa shape index (κ2) is 65.3. The van der Waals surface area contributed by atoms with E-state index < -0.39 is 16.8 Å². The van der Waals surface area contributed by atoms with Crippen LogP contribution in [-0.2, 0) is 169 Å². The Bertz CT molecular complexity index is 4690. The number of nitrogens with zero attached hydrogens (tertiary/aromatic N) is 17. The van der Waals surface area contributed by atoms with Crippen molar-refractivity contribution in [3.05, 3.63) is 290 Å². The third-order valence-corrected chi connectivity index (χ3v) is 17.2. The molecular formula is C84H90Cu4N26O6S8. The summed E-state index contributed by atoms with van der Waals surface area (Å²) >= 11 is 41.4.